The van der Waals surface area contributed by atoms with Crippen LogP contribution in [0.5, 0.6) is 0 Å². The van der Waals surface area contributed by atoms with E-state index in [9.17, 15) is 4.79 Å². The molecule has 0 bridgehead atoms. The van der Waals surface area contributed by atoms with Gasteiger partial charge < -0.3 is 4.90 Å². The van der Waals surface area contributed by atoms with Crippen LogP contribution in [0.3, 0.4) is 0 Å². The van der Waals surface area contributed by atoms with Gasteiger partial charge in [-0.3, -0.25) is 10.1 Å². The van der Waals surface area contributed by atoms with E-state index in [1.807, 2.05) is 16.7 Å². The summed E-state index contributed by atoms with van der Waals surface area (Å²) >= 11 is 1.83. The van der Waals surface area contributed by atoms with Crippen LogP contribution in [0.2, 0.25) is 0 Å². The third-order valence-corrected chi connectivity index (χ3v) is 4.79. The first kappa shape index (κ1) is 16.4. The molecule has 2 atom stereocenters. The van der Waals surface area contributed by atoms with E-state index in [0.717, 1.165) is 12.2 Å². The number of hydrogen-bond acceptors (Lipinski definition) is 3. The van der Waals surface area contributed by atoms with Gasteiger partial charge in [0.1, 0.15) is 6.17 Å². The molecule has 21 heavy (non-hydrogen) atoms. The first-order valence-electron chi connectivity index (χ1n) is 7.68. The van der Waals surface area contributed by atoms with E-state index < -0.39 is 0 Å². The quantitative estimate of drug-likeness (QED) is 0.874. The highest BCUT2D eigenvalue weighted by atomic mass is 32.2. The van der Waals surface area contributed by atoms with Gasteiger partial charge in [0.25, 0.3) is 0 Å². The van der Waals surface area contributed by atoms with Crippen molar-refractivity contribution in [2.75, 3.05) is 18.6 Å². The first-order valence-corrected chi connectivity index (χ1v) is 9.07. The second-order valence-electron chi connectivity index (χ2n) is 6.04. The maximum atomic E-state index is 12.2. The molecule has 4 heteroatoms. The minimum Gasteiger partial charge on any atom is -0.319 e. The van der Waals surface area contributed by atoms with E-state index >= 15 is 0 Å². The zero-order chi connectivity index (χ0) is 15.4. The number of nitrogens with zero attached hydrogens (tertiary/aromatic N) is 1. The average molecular weight is 306 g/mol. The van der Waals surface area contributed by atoms with Gasteiger partial charge in [-0.25, -0.2) is 0 Å². The fourth-order valence-electron chi connectivity index (χ4n) is 2.79. The summed E-state index contributed by atoms with van der Waals surface area (Å²) in [5.41, 5.74) is 2.52. The number of carbonyl (C=O) groups excluding carboxylic acids is 1. The predicted octanol–water partition coefficient (Wildman–Crippen LogP) is 3.38. The highest BCUT2D eigenvalue weighted by Gasteiger charge is 2.34. The second kappa shape index (κ2) is 7.32. The molecule has 1 fully saturated rings. The average Bonchev–Trinajstić information content (AvgIpc) is 2.86. The van der Waals surface area contributed by atoms with Gasteiger partial charge in [-0.2, -0.15) is 11.8 Å². The highest BCUT2D eigenvalue weighted by molar-refractivity contribution is 7.98. The van der Waals surface area contributed by atoms with Gasteiger partial charge in [-0.05, 0) is 42.4 Å². The summed E-state index contributed by atoms with van der Waals surface area (Å²) in [6.45, 7) is 6.99. The summed E-state index contributed by atoms with van der Waals surface area (Å²) in [5, 5.41) is 3.35. The molecule has 1 saturated heterocycles. The largest absolute Gasteiger partial charge is 0.319 e. The molecular formula is C17H26N2OS. The molecule has 1 aromatic carbocycles. The van der Waals surface area contributed by atoms with Crippen molar-refractivity contribution in [1.29, 1.82) is 0 Å². The Morgan fingerprint density at radius 2 is 1.95 bits per heavy atom. The van der Waals surface area contributed by atoms with Crippen molar-refractivity contribution in [2.45, 2.75) is 45.3 Å². The molecular weight excluding hydrogens is 280 g/mol. The van der Waals surface area contributed by atoms with E-state index in [2.05, 4.69) is 56.6 Å². The van der Waals surface area contributed by atoms with Crippen LogP contribution in [-0.4, -0.2) is 35.4 Å². The monoisotopic (exact) mass is 306 g/mol. The molecule has 0 aliphatic carbocycles. The minimum atomic E-state index is 0.0237. The fraction of sp³-hybridized carbons (Fsp3) is 0.588. The third kappa shape index (κ3) is 3.80. The summed E-state index contributed by atoms with van der Waals surface area (Å²) in [6, 6.07) is 8.93. The Bertz CT molecular complexity index is 472. The van der Waals surface area contributed by atoms with Crippen molar-refractivity contribution in [3.05, 3.63) is 35.4 Å². The van der Waals surface area contributed by atoms with Gasteiger partial charge in [0.05, 0.1) is 6.54 Å². The number of hydrogen-bond donors (Lipinski definition) is 1. The lowest BCUT2D eigenvalue weighted by Gasteiger charge is -2.31. The van der Waals surface area contributed by atoms with Crippen LogP contribution in [0.25, 0.3) is 0 Å². The molecule has 116 valence electrons. The van der Waals surface area contributed by atoms with Crippen molar-refractivity contribution in [1.82, 2.24) is 10.2 Å². The Balaban J connectivity index is 2.15. The normalized spacial score (nSPS) is 20.3. The summed E-state index contributed by atoms with van der Waals surface area (Å²) in [6.07, 6.45) is 3.17. The molecule has 0 saturated carbocycles. The van der Waals surface area contributed by atoms with Gasteiger partial charge >= 0.3 is 0 Å². The van der Waals surface area contributed by atoms with Crippen LogP contribution in [0, 0.1) is 0 Å². The number of carbonyl (C=O) groups is 1. The number of benzene rings is 1. The molecule has 0 spiro atoms. The SMILES string of the molecule is CSCCC(C)N1C(=O)CNC1c1ccc(C(C)C)cc1. The fourth-order valence-corrected chi connectivity index (χ4v) is 3.36. The lowest BCUT2D eigenvalue weighted by atomic mass is 10.0. The van der Waals surface area contributed by atoms with E-state index in [1.54, 1.807) is 0 Å². The summed E-state index contributed by atoms with van der Waals surface area (Å²) in [5.74, 6) is 1.83. The van der Waals surface area contributed by atoms with Crippen LogP contribution in [-0.2, 0) is 4.79 Å². The molecule has 0 radical (unpaired) electrons. The van der Waals surface area contributed by atoms with Crippen molar-refractivity contribution < 1.29 is 4.79 Å². The van der Waals surface area contributed by atoms with E-state index in [0.29, 0.717) is 12.5 Å². The molecule has 1 heterocycles. The standard InChI is InChI=1S/C17H26N2OS/c1-12(2)14-5-7-15(8-6-14)17-18-11-16(20)19(17)13(3)9-10-21-4/h5-8,12-13,17-18H,9-11H2,1-4H3. The third-order valence-electron chi connectivity index (χ3n) is 4.15. The smallest absolute Gasteiger partial charge is 0.238 e. The molecule has 3 nitrogen and oxygen atoms in total. The van der Waals surface area contributed by atoms with Gasteiger partial charge in [-0.1, -0.05) is 38.1 Å². The Morgan fingerprint density at radius 3 is 2.52 bits per heavy atom. The van der Waals surface area contributed by atoms with E-state index in [4.69, 9.17) is 0 Å². The van der Waals surface area contributed by atoms with Crippen LogP contribution < -0.4 is 5.32 Å². The summed E-state index contributed by atoms with van der Waals surface area (Å²) < 4.78 is 0. The first-order chi connectivity index (χ1) is 10.0. The van der Waals surface area contributed by atoms with Crippen LogP contribution >= 0.6 is 11.8 Å². The van der Waals surface area contributed by atoms with Crippen LogP contribution in [0.4, 0.5) is 0 Å². The van der Waals surface area contributed by atoms with E-state index in [1.165, 1.54) is 11.1 Å². The van der Waals surface area contributed by atoms with Crippen molar-refractivity contribution in [3.63, 3.8) is 0 Å². The van der Waals surface area contributed by atoms with Gasteiger partial charge in [0, 0.05) is 6.04 Å². The number of amides is 1. The molecule has 1 aliphatic heterocycles. The molecule has 0 aromatic heterocycles. The van der Waals surface area contributed by atoms with Crippen molar-refractivity contribution in [2.24, 2.45) is 0 Å². The van der Waals surface area contributed by atoms with Crippen molar-refractivity contribution in [3.8, 4) is 0 Å². The molecule has 1 N–H and O–H groups in total. The highest BCUT2D eigenvalue weighted by Crippen LogP contribution is 2.27. The Labute approximate surface area is 132 Å². The minimum absolute atomic E-state index is 0.0237. The van der Waals surface area contributed by atoms with Crippen LogP contribution in [0.1, 0.15) is 50.4 Å². The zero-order valence-electron chi connectivity index (χ0n) is 13.4. The van der Waals surface area contributed by atoms with Crippen molar-refractivity contribution >= 4 is 17.7 Å². The Hall–Kier alpha value is -1.00. The predicted molar refractivity (Wildman–Crippen MR) is 90.6 cm³/mol. The number of thioether (sulfide) groups is 1. The summed E-state index contributed by atoms with van der Waals surface area (Å²) in [4.78, 5) is 14.2. The maximum Gasteiger partial charge on any atom is 0.238 e. The molecule has 1 aliphatic rings. The Morgan fingerprint density at radius 1 is 1.29 bits per heavy atom. The Kier molecular flexibility index (Phi) is 5.71. The van der Waals surface area contributed by atoms with E-state index in [-0.39, 0.29) is 18.1 Å². The molecule has 1 amide bonds. The number of rotatable bonds is 6. The van der Waals surface area contributed by atoms with Crippen LogP contribution in [0.15, 0.2) is 24.3 Å². The maximum absolute atomic E-state index is 12.2. The lowest BCUT2D eigenvalue weighted by Crippen LogP contribution is -2.38. The number of nitrogens with one attached hydrogen (secondary N) is 1. The van der Waals surface area contributed by atoms with Gasteiger partial charge in [0.2, 0.25) is 5.91 Å². The summed E-state index contributed by atoms with van der Waals surface area (Å²) in [7, 11) is 0. The molecule has 2 unspecified atom stereocenters. The van der Waals surface area contributed by atoms with Gasteiger partial charge in [-0.15, -0.1) is 0 Å². The molecule has 2 rings (SSSR count). The lowest BCUT2D eigenvalue weighted by molar-refractivity contribution is -0.130. The van der Waals surface area contributed by atoms with Gasteiger partial charge in [0.15, 0.2) is 0 Å². The molecule has 1 aromatic rings. The second-order valence-corrected chi connectivity index (χ2v) is 7.02. The topological polar surface area (TPSA) is 32.3 Å². The zero-order valence-corrected chi connectivity index (χ0v) is 14.2.